The molecule has 0 spiro atoms. The quantitative estimate of drug-likeness (QED) is 0.675. The molecule has 1 aliphatic rings. The zero-order valence-corrected chi connectivity index (χ0v) is 11.2. The van der Waals surface area contributed by atoms with E-state index >= 15 is 0 Å². The number of nitrogens with one attached hydrogen (secondary N) is 1. The van der Waals surface area contributed by atoms with E-state index in [0.717, 1.165) is 17.1 Å². The van der Waals surface area contributed by atoms with Crippen LogP contribution in [0.2, 0.25) is 0 Å². The van der Waals surface area contributed by atoms with Crippen LogP contribution in [0.3, 0.4) is 0 Å². The van der Waals surface area contributed by atoms with Crippen LogP contribution in [-0.4, -0.2) is 11.7 Å². The predicted octanol–water partition coefficient (Wildman–Crippen LogP) is 2.61. The monoisotopic (exact) mass is 286 g/mol. The molecule has 0 fully saturated rings. The molecule has 0 unspecified atom stereocenters. The van der Waals surface area contributed by atoms with Gasteiger partial charge in [-0.3, -0.25) is 10.1 Å². The van der Waals surface area contributed by atoms with Gasteiger partial charge >= 0.3 is 0 Å². The molecule has 1 heterocycles. The number of nitrogens with zero attached hydrogens (tertiary/aromatic N) is 1. The molecule has 0 aliphatic carbocycles. The molecule has 3 rings (SSSR count). The Labute approximate surface area is 121 Å². The van der Waals surface area contributed by atoms with Gasteiger partial charge in [0.25, 0.3) is 5.69 Å². The third-order valence-electron chi connectivity index (χ3n) is 3.27. The first-order valence-corrected chi connectivity index (χ1v) is 6.55. The van der Waals surface area contributed by atoms with E-state index in [-0.39, 0.29) is 17.4 Å². The summed E-state index contributed by atoms with van der Waals surface area (Å²) in [6, 6.07) is 12.4. The van der Waals surface area contributed by atoms with E-state index in [1.165, 1.54) is 6.07 Å². The highest BCUT2D eigenvalue weighted by Gasteiger charge is 2.14. The fourth-order valence-corrected chi connectivity index (χ4v) is 2.23. The van der Waals surface area contributed by atoms with E-state index in [9.17, 15) is 10.1 Å². The Morgan fingerprint density at radius 3 is 2.76 bits per heavy atom. The third-order valence-corrected chi connectivity index (χ3v) is 3.27. The van der Waals surface area contributed by atoms with Crippen LogP contribution in [0.4, 0.5) is 5.69 Å². The molecule has 2 aromatic carbocycles. The molecular weight excluding hydrogens is 272 g/mol. The summed E-state index contributed by atoms with van der Waals surface area (Å²) in [5, 5.41) is 14.1. The number of para-hydroxylation sites is 1. The van der Waals surface area contributed by atoms with Gasteiger partial charge in [-0.15, -0.1) is 0 Å². The lowest BCUT2D eigenvalue weighted by Crippen LogP contribution is -2.13. The maximum absolute atomic E-state index is 10.9. The van der Waals surface area contributed by atoms with Crippen LogP contribution in [0.25, 0.3) is 0 Å². The first-order chi connectivity index (χ1) is 10.2. The maximum Gasteiger partial charge on any atom is 0.273 e. The number of nitro benzene ring substituents is 1. The third kappa shape index (κ3) is 2.95. The van der Waals surface area contributed by atoms with E-state index in [2.05, 4.69) is 5.32 Å². The summed E-state index contributed by atoms with van der Waals surface area (Å²) < 4.78 is 10.6. The Kier molecular flexibility index (Phi) is 3.70. The van der Waals surface area contributed by atoms with Crippen molar-refractivity contribution in [2.75, 3.05) is 6.79 Å². The first-order valence-electron chi connectivity index (χ1n) is 6.55. The maximum atomic E-state index is 10.9. The van der Waals surface area contributed by atoms with Crippen LogP contribution in [-0.2, 0) is 13.1 Å². The highest BCUT2D eigenvalue weighted by molar-refractivity contribution is 5.44. The molecule has 6 nitrogen and oxygen atoms in total. The molecule has 0 saturated carbocycles. The molecule has 1 aliphatic heterocycles. The number of hydrogen-bond acceptors (Lipinski definition) is 5. The Balaban J connectivity index is 1.63. The lowest BCUT2D eigenvalue weighted by Gasteiger charge is -2.06. The van der Waals surface area contributed by atoms with Crippen molar-refractivity contribution in [3.63, 3.8) is 0 Å². The fourth-order valence-electron chi connectivity index (χ4n) is 2.23. The van der Waals surface area contributed by atoms with Crippen molar-refractivity contribution in [1.29, 1.82) is 0 Å². The molecule has 108 valence electrons. The average Bonchev–Trinajstić information content (AvgIpc) is 2.95. The lowest BCUT2D eigenvalue weighted by atomic mass is 10.1. The van der Waals surface area contributed by atoms with Crippen molar-refractivity contribution in [1.82, 2.24) is 5.32 Å². The summed E-state index contributed by atoms with van der Waals surface area (Å²) in [5.74, 6) is 1.48. The Morgan fingerprint density at radius 2 is 1.90 bits per heavy atom. The van der Waals surface area contributed by atoms with Gasteiger partial charge in [-0.25, -0.2) is 0 Å². The van der Waals surface area contributed by atoms with Crippen LogP contribution in [0, 0.1) is 10.1 Å². The number of ether oxygens (including phenoxy) is 2. The fraction of sp³-hybridized carbons (Fsp3) is 0.200. The van der Waals surface area contributed by atoms with Gasteiger partial charge < -0.3 is 14.8 Å². The summed E-state index contributed by atoms with van der Waals surface area (Å²) in [6.45, 7) is 1.29. The van der Waals surface area contributed by atoms with Crippen molar-refractivity contribution < 1.29 is 14.4 Å². The molecule has 0 radical (unpaired) electrons. The van der Waals surface area contributed by atoms with Gasteiger partial charge in [0.15, 0.2) is 11.5 Å². The highest BCUT2D eigenvalue weighted by atomic mass is 16.7. The predicted molar refractivity (Wildman–Crippen MR) is 76.2 cm³/mol. The summed E-state index contributed by atoms with van der Waals surface area (Å²) in [7, 11) is 0. The number of benzene rings is 2. The van der Waals surface area contributed by atoms with E-state index < -0.39 is 0 Å². The normalized spacial score (nSPS) is 12.4. The van der Waals surface area contributed by atoms with Crippen molar-refractivity contribution in [2.24, 2.45) is 0 Å². The second-order valence-electron chi connectivity index (χ2n) is 4.68. The van der Waals surface area contributed by atoms with Crippen LogP contribution < -0.4 is 14.8 Å². The van der Waals surface area contributed by atoms with E-state index in [4.69, 9.17) is 9.47 Å². The second-order valence-corrected chi connectivity index (χ2v) is 4.68. The molecule has 21 heavy (non-hydrogen) atoms. The molecule has 1 N–H and O–H groups in total. The minimum absolute atomic E-state index is 0.135. The van der Waals surface area contributed by atoms with Crippen molar-refractivity contribution in [3.8, 4) is 11.5 Å². The highest BCUT2D eigenvalue weighted by Crippen LogP contribution is 2.32. The largest absolute Gasteiger partial charge is 0.454 e. The van der Waals surface area contributed by atoms with Crippen molar-refractivity contribution in [3.05, 3.63) is 63.7 Å². The van der Waals surface area contributed by atoms with Gasteiger partial charge in [-0.1, -0.05) is 24.3 Å². The van der Waals surface area contributed by atoms with Crippen LogP contribution in [0.5, 0.6) is 11.5 Å². The Bertz CT molecular complexity index is 672. The number of rotatable bonds is 5. The molecule has 0 amide bonds. The number of fused-ring (bicyclic) bond motifs is 1. The molecule has 0 bridgehead atoms. The standard InChI is InChI=1S/C15H14N2O4/c18-17(19)13-4-2-1-3-12(13)9-16-8-11-5-6-14-15(7-11)21-10-20-14/h1-7,16H,8-10H2. The van der Waals surface area contributed by atoms with Crippen molar-refractivity contribution in [2.45, 2.75) is 13.1 Å². The van der Waals surface area contributed by atoms with Crippen LogP contribution >= 0.6 is 0 Å². The average molecular weight is 286 g/mol. The zero-order chi connectivity index (χ0) is 14.7. The van der Waals surface area contributed by atoms with Crippen LogP contribution in [0.1, 0.15) is 11.1 Å². The van der Waals surface area contributed by atoms with Gasteiger partial charge in [-0.2, -0.15) is 0 Å². The number of nitro groups is 1. The zero-order valence-electron chi connectivity index (χ0n) is 11.2. The van der Waals surface area contributed by atoms with E-state index in [1.807, 2.05) is 18.2 Å². The number of hydrogen-bond donors (Lipinski definition) is 1. The van der Waals surface area contributed by atoms with Gasteiger partial charge in [-0.05, 0) is 17.7 Å². The summed E-state index contributed by atoms with van der Waals surface area (Å²) in [5.41, 5.74) is 1.84. The molecule has 0 saturated heterocycles. The topological polar surface area (TPSA) is 73.6 Å². The molecular formula is C15H14N2O4. The molecule has 6 heteroatoms. The molecule has 0 atom stereocenters. The first kappa shape index (κ1) is 13.4. The van der Waals surface area contributed by atoms with Crippen molar-refractivity contribution >= 4 is 5.69 Å². The SMILES string of the molecule is O=[N+]([O-])c1ccccc1CNCc1ccc2c(c1)OCO2. The molecule has 2 aromatic rings. The van der Waals surface area contributed by atoms with Gasteiger partial charge in [0.2, 0.25) is 6.79 Å². The van der Waals surface area contributed by atoms with E-state index in [1.54, 1.807) is 18.2 Å². The summed E-state index contributed by atoms with van der Waals surface area (Å²) in [4.78, 5) is 10.6. The summed E-state index contributed by atoms with van der Waals surface area (Å²) >= 11 is 0. The van der Waals surface area contributed by atoms with Crippen LogP contribution in [0.15, 0.2) is 42.5 Å². The smallest absolute Gasteiger partial charge is 0.273 e. The van der Waals surface area contributed by atoms with Gasteiger partial charge in [0.1, 0.15) is 0 Å². The van der Waals surface area contributed by atoms with E-state index in [0.29, 0.717) is 18.7 Å². The van der Waals surface area contributed by atoms with Gasteiger partial charge in [0, 0.05) is 24.7 Å². The lowest BCUT2D eigenvalue weighted by molar-refractivity contribution is -0.385. The Morgan fingerprint density at radius 1 is 1.10 bits per heavy atom. The Hall–Kier alpha value is -2.60. The molecule has 0 aromatic heterocycles. The second kappa shape index (κ2) is 5.80. The minimum atomic E-state index is -0.364. The minimum Gasteiger partial charge on any atom is -0.454 e. The summed E-state index contributed by atoms with van der Waals surface area (Å²) in [6.07, 6.45) is 0. The van der Waals surface area contributed by atoms with Gasteiger partial charge in [0.05, 0.1) is 4.92 Å².